The molecule has 0 radical (unpaired) electrons. The van der Waals surface area contributed by atoms with Crippen molar-refractivity contribution in [3.05, 3.63) is 48.0 Å². The smallest absolute Gasteiger partial charge is 0.0552 e. The van der Waals surface area contributed by atoms with Gasteiger partial charge in [0.15, 0.2) is 0 Å². The molecular formula is C14H14O. The van der Waals surface area contributed by atoms with Gasteiger partial charge >= 0.3 is 0 Å². The van der Waals surface area contributed by atoms with E-state index in [0.717, 1.165) is 12.8 Å². The van der Waals surface area contributed by atoms with Gasteiger partial charge in [-0.2, -0.15) is 0 Å². The molecular weight excluding hydrogens is 184 g/mol. The van der Waals surface area contributed by atoms with Gasteiger partial charge in [0.1, 0.15) is 0 Å². The van der Waals surface area contributed by atoms with Crippen LogP contribution in [0.1, 0.15) is 24.3 Å². The molecule has 0 heterocycles. The first-order valence-corrected chi connectivity index (χ1v) is 5.50. The normalized spacial score (nSPS) is 25.1. The van der Waals surface area contributed by atoms with Gasteiger partial charge in [0, 0.05) is 0 Å². The number of hydrogen-bond acceptors (Lipinski definition) is 1. The molecule has 0 atom stereocenters. The number of rotatable bonds is 1. The first-order chi connectivity index (χ1) is 7.34. The van der Waals surface area contributed by atoms with Crippen LogP contribution in [-0.4, -0.2) is 11.2 Å². The zero-order valence-electron chi connectivity index (χ0n) is 8.56. The molecule has 0 spiro atoms. The van der Waals surface area contributed by atoms with Crippen molar-refractivity contribution >= 4 is 10.8 Å². The van der Waals surface area contributed by atoms with Crippen molar-refractivity contribution < 1.29 is 5.11 Å². The van der Waals surface area contributed by atoms with Crippen LogP contribution >= 0.6 is 0 Å². The third-order valence-electron chi connectivity index (χ3n) is 3.38. The molecule has 0 amide bonds. The highest BCUT2D eigenvalue weighted by atomic mass is 16.3. The van der Waals surface area contributed by atoms with Gasteiger partial charge in [0.25, 0.3) is 0 Å². The standard InChI is InChI=1S/C14H14O/c15-12-8-11(9-12)14-7-3-5-10-4-1-2-6-13(10)14/h1-7,11-12,15H,8-9H2. The molecule has 0 bridgehead atoms. The SMILES string of the molecule is OC1CC(c2cccc3ccccc23)C1. The number of fused-ring (bicyclic) bond motifs is 1. The van der Waals surface area contributed by atoms with Crippen LogP contribution in [0.25, 0.3) is 10.8 Å². The van der Waals surface area contributed by atoms with Crippen molar-refractivity contribution in [2.45, 2.75) is 24.9 Å². The highest BCUT2D eigenvalue weighted by Crippen LogP contribution is 2.39. The van der Waals surface area contributed by atoms with Gasteiger partial charge in [0.05, 0.1) is 6.10 Å². The largest absolute Gasteiger partial charge is 0.393 e. The summed E-state index contributed by atoms with van der Waals surface area (Å²) in [5.74, 6) is 0.561. The summed E-state index contributed by atoms with van der Waals surface area (Å²) in [6.45, 7) is 0. The lowest BCUT2D eigenvalue weighted by molar-refractivity contribution is 0.0751. The summed E-state index contributed by atoms with van der Waals surface area (Å²) in [4.78, 5) is 0. The van der Waals surface area contributed by atoms with Crippen molar-refractivity contribution in [3.63, 3.8) is 0 Å². The first kappa shape index (κ1) is 8.93. The third-order valence-corrected chi connectivity index (χ3v) is 3.38. The van der Waals surface area contributed by atoms with Gasteiger partial charge in [-0.25, -0.2) is 0 Å². The minimum atomic E-state index is -0.0750. The Kier molecular flexibility index (Phi) is 2.00. The van der Waals surface area contributed by atoms with E-state index in [9.17, 15) is 5.11 Å². The van der Waals surface area contributed by atoms with Crippen LogP contribution in [0.2, 0.25) is 0 Å². The minimum Gasteiger partial charge on any atom is -0.393 e. The summed E-state index contributed by atoms with van der Waals surface area (Å²) in [7, 11) is 0. The molecule has 76 valence electrons. The quantitative estimate of drug-likeness (QED) is 0.746. The lowest BCUT2D eigenvalue weighted by Crippen LogP contribution is -2.26. The molecule has 0 unspecified atom stereocenters. The van der Waals surface area contributed by atoms with E-state index < -0.39 is 0 Å². The highest BCUT2D eigenvalue weighted by molar-refractivity contribution is 5.86. The summed E-state index contributed by atoms with van der Waals surface area (Å²) in [6, 6.07) is 14.9. The number of benzene rings is 2. The van der Waals surface area contributed by atoms with E-state index in [0.29, 0.717) is 5.92 Å². The Bertz CT molecular complexity index is 478. The van der Waals surface area contributed by atoms with Gasteiger partial charge in [-0.1, -0.05) is 42.5 Å². The monoisotopic (exact) mass is 198 g/mol. The summed E-state index contributed by atoms with van der Waals surface area (Å²) >= 11 is 0. The van der Waals surface area contributed by atoms with E-state index in [2.05, 4.69) is 42.5 Å². The Morgan fingerprint density at radius 3 is 2.47 bits per heavy atom. The molecule has 1 N–H and O–H groups in total. The molecule has 0 saturated heterocycles. The van der Waals surface area contributed by atoms with E-state index in [1.807, 2.05) is 0 Å². The Hall–Kier alpha value is -1.34. The van der Waals surface area contributed by atoms with Crippen molar-refractivity contribution in [1.29, 1.82) is 0 Å². The fourth-order valence-corrected chi connectivity index (χ4v) is 2.45. The van der Waals surface area contributed by atoms with E-state index in [-0.39, 0.29) is 6.10 Å². The highest BCUT2D eigenvalue weighted by Gasteiger charge is 2.29. The molecule has 1 aliphatic rings. The maximum atomic E-state index is 9.35. The predicted molar refractivity (Wildman–Crippen MR) is 61.9 cm³/mol. The maximum absolute atomic E-state index is 9.35. The van der Waals surface area contributed by atoms with Gasteiger partial charge in [-0.15, -0.1) is 0 Å². The predicted octanol–water partition coefficient (Wildman–Crippen LogP) is 3.08. The molecule has 1 aliphatic carbocycles. The topological polar surface area (TPSA) is 20.2 Å². The van der Waals surface area contributed by atoms with Gasteiger partial charge in [0.2, 0.25) is 0 Å². The molecule has 0 aliphatic heterocycles. The van der Waals surface area contributed by atoms with Crippen LogP contribution in [0.4, 0.5) is 0 Å². The molecule has 1 fully saturated rings. The summed E-state index contributed by atoms with van der Waals surface area (Å²) < 4.78 is 0. The van der Waals surface area contributed by atoms with E-state index >= 15 is 0 Å². The average Bonchev–Trinajstić information content (AvgIpc) is 2.24. The Morgan fingerprint density at radius 1 is 0.933 bits per heavy atom. The average molecular weight is 198 g/mol. The summed E-state index contributed by atoms with van der Waals surface area (Å²) in [5.41, 5.74) is 1.40. The summed E-state index contributed by atoms with van der Waals surface area (Å²) in [6.07, 6.45) is 1.77. The second-order valence-electron chi connectivity index (χ2n) is 4.39. The van der Waals surface area contributed by atoms with E-state index in [4.69, 9.17) is 0 Å². The lowest BCUT2D eigenvalue weighted by atomic mass is 9.76. The number of aliphatic hydroxyl groups excluding tert-OH is 1. The molecule has 1 saturated carbocycles. The Balaban J connectivity index is 2.10. The van der Waals surface area contributed by atoms with Gasteiger partial charge in [-0.05, 0) is 35.1 Å². The Morgan fingerprint density at radius 2 is 1.67 bits per heavy atom. The zero-order chi connectivity index (χ0) is 10.3. The minimum absolute atomic E-state index is 0.0750. The van der Waals surface area contributed by atoms with E-state index in [1.54, 1.807) is 0 Å². The molecule has 2 aromatic rings. The molecule has 1 heteroatoms. The van der Waals surface area contributed by atoms with Crippen LogP contribution in [-0.2, 0) is 0 Å². The zero-order valence-corrected chi connectivity index (χ0v) is 8.56. The van der Waals surface area contributed by atoms with Crippen LogP contribution in [0.15, 0.2) is 42.5 Å². The molecule has 1 nitrogen and oxygen atoms in total. The fraction of sp³-hybridized carbons (Fsp3) is 0.286. The molecule has 15 heavy (non-hydrogen) atoms. The lowest BCUT2D eigenvalue weighted by Gasteiger charge is -2.32. The van der Waals surface area contributed by atoms with Crippen molar-refractivity contribution in [3.8, 4) is 0 Å². The van der Waals surface area contributed by atoms with Crippen molar-refractivity contribution in [2.75, 3.05) is 0 Å². The maximum Gasteiger partial charge on any atom is 0.0552 e. The third kappa shape index (κ3) is 1.44. The van der Waals surface area contributed by atoms with Crippen LogP contribution in [0.3, 0.4) is 0 Å². The van der Waals surface area contributed by atoms with Crippen LogP contribution in [0.5, 0.6) is 0 Å². The molecule has 3 rings (SSSR count). The van der Waals surface area contributed by atoms with Crippen LogP contribution in [0, 0.1) is 0 Å². The molecule has 2 aromatic carbocycles. The summed E-state index contributed by atoms with van der Waals surface area (Å²) in [5, 5.41) is 12.0. The first-order valence-electron chi connectivity index (χ1n) is 5.50. The number of hydrogen-bond donors (Lipinski definition) is 1. The van der Waals surface area contributed by atoms with Crippen LogP contribution < -0.4 is 0 Å². The molecule has 0 aromatic heterocycles. The van der Waals surface area contributed by atoms with Crippen molar-refractivity contribution in [2.24, 2.45) is 0 Å². The van der Waals surface area contributed by atoms with Gasteiger partial charge in [-0.3, -0.25) is 0 Å². The fourth-order valence-electron chi connectivity index (χ4n) is 2.45. The second kappa shape index (κ2) is 3.35. The Labute approximate surface area is 89.4 Å². The van der Waals surface area contributed by atoms with Crippen molar-refractivity contribution in [1.82, 2.24) is 0 Å². The number of aliphatic hydroxyl groups is 1. The van der Waals surface area contributed by atoms with E-state index in [1.165, 1.54) is 16.3 Å². The second-order valence-corrected chi connectivity index (χ2v) is 4.39. The van der Waals surface area contributed by atoms with Gasteiger partial charge < -0.3 is 5.11 Å².